The number of rotatable bonds is 6. The minimum atomic E-state index is -4.59. The summed E-state index contributed by atoms with van der Waals surface area (Å²) in [6.45, 7) is 3.45. The van der Waals surface area contributed by atoms with Gasteiger partial charge in [-0.25, -0.2) is 17.9 Å². The van der Waals surface area contributed by atoms with Crippen LogP contribution < -0.4 is 4.72 Å². The van der Waals surface area contributed by atoms with Crippen molar-refractivity contribution < 1.29 is 35.9 Å². The molecule has 0 radical (unpaired) electrons. The van der Waals surface area contributed by atoms with E-state index in [0.29, 0.717) is 10.4 Å². The lowest BCUT2D eigenvalue weighted by atomic mass is 10.0. The number of alkyl halides is 3. The second-order valence-corrected chi connectivity index (χ2v) is 9.92. The van der Waals surface area contributed by atoms with Crippen LogP contribution in [0.4, 0.5) is 13.2 Å². The molecule has 0 saturated carbocycles. The molecule has 1 aliphatic rings. The van der Waals surface area contributed by atoms with Crippen LogP contribution in [0.25, 0.3) is 0 Å². The van der Waals surface area contributed by atoms with Crippen LogP contribution in [0.15, 0.2) is 41.1 Å². The van der Waals surface area contributed by atoms with Gasteiger partial charge in [-0.15, -0.1) is 17.9 Å². The largest absolute Gasteiger partial charge is 0.465 e. The molecular weight excluding hydrogens is 469 g/mol. The molecule has 1 N–H and O–H groups in total. The van der Waals surface area contributed by atoms with Crippen LogP contribution in [0.1, 0.15) is 36.7 Å². The first kappa shape index (κ1) is 24.0. The Hall–Kier alpha value is -2.70. The number of hydrogen-bond acceptors (Lipinski definition) is 6. The number of halogens is 3. The lowest BCUT2D eigenvalue weighted by Crippen LogP contribution is -2.35. The van der Waals surface area contributed by atoms with Crippen molar-refractivity contribution in [2.24, 2.45) is 0 Å². The van der Waals surface area contributed by atoms with E-state index in [4.69, 9.17) is 4.74 Å². The summed E-state index contributed by atoms with van der Waals surface area (Å²) >= 11 is 0.827. The van der Waals surface area contributed by atoms with Gasteiger partial charge < -0.3 is 9.64 Å². The molecule has 0 spiro atoms. The number of thiophene rings is 1. The summed E-state index contributed by atoms with van der Waals surface area (Å²) < 4.78 is 71.2. The van der Waals surface area contributed by atoms with Crippen LogP contribution in [-0.2, 0) is 33.9 Å². The Bertz CT molecular complexity index is 1170. The maximum Gasteiger partial charge on any atom is 0.416 e. The van der Waals surface area contributed by atoms with E-state index in [1.165, 1.54) is 17.0 Å². The van der Waals surface area contributed by atoms with Gasteiger partial charge in [0.15, 0.2) is 0 Å². The summed E-state index contributed by atoms with van der Waals surface area (Å²) in [6.07, 6.45) is -3.09. The van der Waals surface area contributed by atoms with Crippen LogP contribution in [0, 0.1) is 0 Å². The maximum atomic E-state index is 13.0. The first-order valence-electron chi connectivity index (χ1n) is 9.29. The molecule has 0 unspecified atom stereocenters. The number of esters is 1. The van der Waals surface area contributed by atoms with Gasteiger partial charge in [0.1, 0.15) is 4.21 Å². The number of amides is 1. The van der Waals surface area contributed by atoms with Gasteiger partial charge in [0.2, 0.25) is 0 Å². The molecule has 1 amide bonds. The number of ether oxygens (including phenoxy) is 1. The molecule has 0 saturated heterocycles. The van der Waals surface area contributed by atoms with Gasteiger partial charge in [0.25, 0.3) is 15.9 Å². The number of sulfonamides is 1. The van der Waals surface area contributed by atoms with Crippen molar-refractivity contribution in [3.8, 4) is 0 Å². The van der Waals surface area contributed by atoms with Gasteiger partial charge >= 0.3 is 12.1 Å². The number of carbonyl (C=O) groups excluding carboxylic acids is 2. The van der Waals surface area contributed by atoms with E-state index in [2.05, 4.69) is 11.3 Å². The highest BCUT2D eigenvalue weighted by Gasteiger charge is 2.36. The number of methoxy groups -OCH3 is 1. The Balaban J connectivity index is 1.96. The quantitative estimate of drug-likeness (QED) is 0.498. The Morgan fingerprint density at radius 2 is 2.06 bits per heavy atom. The molecule has 2 heterocycles. The Labute approximate surface area is 186 Å². The number of fused-ring (bicyclic) bond motifs is 1. The van der Waals surface area contributed by atoms with Gasteiger partial charge in [0, 0.05) is 23.5 Å². The molecule has 1 aromatic heterocycles. The molecule has 0 atom stereocenters. The fraction of sp³-hybridized carbons (Fsp3) is 0.300. The Morgan fingerprint density at radius 3 is 2.69 bits per heavy atom. The molecule has 0 fully saturated rings. The highest BCUT2D eigenvalue weighted by Crippen LogP contribution is 2.37. The first-order valence-corrected chi connectivity index (χ1v) is 11.6. The molecule has 12 heteroatoms. The summed E-state index contributed by atoms with van der Waals surface area (Å²) in [4.78, 5) is 27.0. The van der Waals surface area contributed by atoms with E-state index in [0.717, 1.165) is 36.6 Å². The Morgan fingerprint density at radius 1 is 1.34 bits per heavy atom. The zero-order valence-corrected chi connectivity index (χ0v) is 18.5. The van der Waals surface area contributed by atoms with Crippen molar-refractivity contribution in [1.82, 2.24) is 9.62 Å². The summed E-state index contributed by atoms with van der Waals surface area (Å²) in [6, 6.07) is 4.10. The van der Waals surface area contributed by atoms with Crippen LogP contribution in [0.5, 0.6) is 0 Å². The number of nitrogens with one attached hydrogen (secondary N) is 1. The molecular formula is C20H19F3N2O5S2. The smallest absolute Gasteiger partial charge is 0.416 e. The fourth-order valence-electron chi connectivity index (χ4n) is 3.29. The molecule has 172 valence electrons. The van der Waals surface area contributed by atoms with Gasteiger partial charge in [0.05, 0.1) is 24.8 Å². The third-order valence-electron chi connectivity index (χ3n) is 4.80. The highest BCUT2D eigenvalue weighted by molar-refractivity contribution is 7.91. The SMILES string of the molecule is C=CCNS(=O)(=O)c1sc2c(c1C(=O)OC)CCN(C(=O)c1cccc(C(F)(F)F)c1)C2. The zero-order chi connectivity index (χ0) is 23.7. The molecule has 0 aliphatic carbocycles. The topological polar surface area (TPSA) is 92.8 Å². The second-order valence-electron chi connectivity index (χ2n) is 6.85. The summed E-state index contributed by atoms with van der Waals surface area (Å²) in [5, 5.41) is 0. The Kier molecular flexibility index (Phi) is 6.77. The van der Waals surface area contributed by atoms with Gasteiger partial charge in [-0.1, -0.05) is 12.1 Å². The van der Waals surface area contributed by atoms with Crippen molar-refractivity contribution in [3.05, 3.63) is 64.1 Å². The average molecular weight is 489 g/mol. The number of benzene rings is 1. The third-order valence-corrected chi connectivity index (χ3v) is 7.96. The number of nitrogens with zero attached hydrogens (tertiary/aromatic N) is 1. The zero-order valence-electron chi connectivity index (χ0n) is 16.9. The summed E-state index contributed by atoms with van der Waals surface area (Å²) in [7, 11) is -2.91. The van der Waals surface area contributed by atoms with Crippen molar-refractivity contribution >= 4 is 33.2 Å². The highest BCUT2D eigenvalue weighted by atomic mass is 32.2. The van der Waals surface area contributed by atoms with E-state index in [-0.39, 0.29) is 41.4 Å². The molecule has 7 nitrogen and oxygen atoms in total. The van der Waals surface area contributed by atoms with Gasteiger partial charge in [-0.05, 0) is 30.2 Å². The minimum absolute atomic E-state index is 0.0456. The standard InChI is InChI=1S/C20H19F3N2O5S2/c1-3-8-24-32(28,29)19-16(18(27)30-2)14-7-9-25(11-15(14)31-19)17(26)12-5-4-6-13(10-12)20(21,22)23/h3-6,10,24H,1,7-9,11H2,2H3. The molecule has 0 bridgehead atoms. The van der Waals surface area contributed by atoms with Gasteiger partial charge in [-0.3, -0.25) is 4.79 Å². The maximum absolute atomic E-state index is 13.0. The van der Waals surface area contributed by atoms with Crippen LogP contribution >= 0.6 is 11.3 Å². The average Bonchev–Trinajstić information content (AvgIpc) is 3.16. The molecule has 32 heavy (non-hydrogen) atoms. The lowest BCUT2D eigenvalue weighted by molar-refractivity contribution is -0.137. The van der Waals surface area contributed by atoms with Crippen LogP contribution in [-0.4, -0.2) is 45.4 Å². The number of carbonyl (C=O) groups is 2. The predicted molar refractivity (Wildman–Crippen MR) is 111 cm³/mol. The van der Waals surface area contributed by atoms with E-state index < -0.39 is 33.6 Å². The van der Waals surface area contributed by atoms with Gasteiger partial charge in [-0.2, -0.15) is 13.2 Å². The van der Waals surface area contributed by atoms with Crippen LogP contribution in [0.3, 0.4) is 0 Å². The number of hydrogen-bond donors (Lipinski definition) is 1. The van der Waals surface area contributed by atoms with E-state index in [9.17, 15) is 31.2 Å². The molecule has 2 aromatic rings. The van der Waals surface area contributed by atoms with Crippen molar-refractivity contribution in [2.75, 3.05) is 20.2 Å². The van der Waals surface area contributed by atoms with Crippen LogP contribution in [0.2, 0.25) is 0 Å². The summed E-state index contributed by atoms with van der Waals surface area (Å²) in [5.41, 5.74) is -0.704. The van der Waals surface area contributed by atoms with E-state index in [1.807, 2.05) is 0 Å². The molecule has 1 aliphatic heterocycles. The monoisotopic (exact) mass is 488 g/mol. The van der Waals surface area contributed by atoms with Crippen molar-refractivity contribution in [3.63, 3.8) is 0 Å². The second kappa shape index (κ2) is 9.04. The van der Waals surface area contributed by atoms with E-state index in [1.54, 1.807) is 0 Å². The molecule has 1 aromatic carbocycles. The fourth-order valence-corrected chi connectivity index (χ4v) is 6.24. The predicted octanol–water partition coefficient (Wildman–Crippen LogP) is 3.22. The lowest BCUT2D eigenvalue weighted by Gasteiger charge is -2.27. The minimum Gasteiger partial charge on any atom is -0.465 e. The first-order chi connectivity index (χ1) is 15.0. The normalized spacial score (nSPS) is 14.1. The third kappa shape index (κ3) is 4.71. The molecule has 3 rings (SSSR count). The van der Waals surface area contributed by atoms with Crippen molar-refractivity contribution in [1.29, 1.82) is 0 Å². The van der Waals surface area contributed by atoms with E-state index >= 15 is 0 Å². The van der Waals surface area contributed by atoms with Crippen molar-refractivity contribution in [2.45, 2.75) is 23.4 Å². The summed E-state index contributed by atoms with van der Waals surface area (Å²) in [5.74, 6) is -1.44.